The normalized spacial score (nSPS) is 10.9. The number of aromatic nitrogens is 2. The topological polar surface area (TPSA) is 44.1 Å². The van der Waals surface area contributed by atoms with Gasteiger partial charge in [0.1, 0.15) is 10.6 Å². The van der Waals surface area contributed by atoms with Crippen molar-refractivity contribution < 1.29 is 4.74 Å². The highest BCUT2D eigenvalue weighted by Crippen LogP contribution is 2.23. The average molecular weight is 307 g/mol. The number of rotatable bonds is 3. The van der Waals surface area contributed by atoms with Crippen molar-refractivity contribution in [1.82, 2.24) is 9.55 Å². The SMILES string of the molecule is COc1ccc(Cl)cc1Cn1cnc2sccc2c1=O. The Morgan fingerprint density at radius 1 is 1.40 bits per heavy atom. The molecule has 0 N–H and O–H groups in total. The summed E-state index contributed by atoms with van der Waals surface area (Å²) >= 11 is 7.46. The Hall–Kier alpha value is -1.85. The maximum atomic E-state index is 12.3. The molecule has 0 bridgehead atoms. The van der Waals surface area contributed by atoms with E-state index in [9.17, 15) is 4.79 Å². The Bertz CT molecular complexity index is 825. The molecular formula is C14H11ClN2O2S. The monoisotopic (exact) mass is 306 g/mol. The van der Waals surface area contributed by atoms with Crippen LogP contribution in [0.1, 0.15) is 5.56 Å². The maximum absolute atomic E-state index is 12.3. The van der Waals surface area contributed by atoms with E-state index in [0.29, 0.717) is 22.7 Å². The van der Waals surface area contributed by atoms with E-state index in [4.69, 9.17) is 16.3 Å². The molecule has 0 fully saturated rings. The van der Waals surface area contributed by atoms with Crippen LogP contribution in [0.5, 0.6) is 5.75 Å². The summed E-state index contributed by atoms with van der Waals surface area (Å²) in [5.74, 6) is 0.701. The zero-order chi connectivity index (χ0) is 14.1. The van der Waals surface area contributed by atoms with E-state index in [-0.39, 0.29) is 5.56 Å². The fourth-order valence-electron chi connectivity index (χ4n) is 2.06. The molecule has 0 saturated carbocycles. The molecule has 0 aliphatic carbocycles. The summed E-state index contributed by atoms with van der Waals surface area (Å²) in [7, 11) is 1.59. The lowest BCUT2D eigenvalue weighted by Gasteiger charge is -2.10. The van der Waals surface area contributed by atoms with Crippen LogP contribution in [0.2, 0.25) is 5.02 Å². The molecule has 3 rings (SSSR count). The van der Waals surface area contributed by atoms with Crippen molar-refractivity contribution in [2.24, 2.45) is 0 Å². The summed E-state index contributed by atoms with van der Waals surface area (Å²) in [6.45, 7) is 0.376. The fraction of sp³-hybridized carbons (Fsp3) is 0.143. The van der Waals surface area contributed by atoms with Gasteiger partial charge in [-0.3, -0.25) is 9.36 Å². The van der Waals surface area contributed by atoms with Gasteiger partial charge in [-0.2, -0.15) is 0 Å². The third-order valence-corrected chi connectivity index (χ3v) is 4.09. The van der Waals surface area contributed by atoms with E-state index >= 15 is 0 Å². The molecule has 4 nitrogen and oxygen atoms in total. The fourth-order valence-corrected chi connectivity index (χ4v) is 2.98. The maximum Gasteiger partial charge on any atom is 0.262 e. The van der Waals surface area contributed by atoms with E-state index in [1.165, 1.54) is 11.3 Å². The van der Waals surface area contributed by atoms with Gasteiger partial charge in [-0.15, -0.1) is 11.3 Å². The van der Waals surface area contributed by atoms with E-state index in [1.54, 1.807) is 42.3 Å². The molecule has 0 aliphatic rings. The van der Waals surface area contributed by atoms with Crippen LogP contribution in [0.3, 0.4) is 0 Å². The molecule has 0 aliphatic heterocycles. The minimum atomic E-state index is -0.0571. The first-order chi connectivity index (χ1) is 9.69. The molecule has 0 atom stereocenters. The number of ether oxygens (including phenoxy) is 1. The highest BCUT2D eigenvalue weighted by molar-refractivity contribution is 7.16. The zero-order valence-electron chi connectivity index (χ0n) is 10.7. The smallest absolute Gasteiger partial charge is 0.262 e. The number of benzene rings is 1. The molecule has 0 saturated heterocycles. The van der Waals surface area contributed by atoms with E-state index < -0.39 is 0 Å². The third kappa shape index (κ3) is 2.30. The minimum Gasteiger partial charge on any atom is -0.496 e. The second-order valence-corrected chi connectivity index (χ2v) is 5.60. The Morgan fingerprint density at radius 2 is 2.25 bits per heavy atom. The van der Waals surface area contributed by atoms with Crippen LogP contribution in [0.25, 0.3) is 10.2 Å². The number of methoxy groups -OCH3 is 1. The molecule has 0 unspecified atom stereocenters. The summed E-state index contributed by atoms with van der Waals surface area (Å²) in [5, 5.41) is 3.11. The molecule has 1 aromatic carbocycles. The van der Waals surface area contributed by atoms with Gasteiger partial charge in [0.2, 0.25) is 0 Å². The van der Waals surface area contributed by atoms with Gasteiger partial charge >= 0.3 is 0 Å². The summed E-state index contributed by atoms with van der Waals surface area (Å²) in [6, 6.07) is 7.14. The Balaban J connectivity index is 2.07. The lowest BCUT2D eigenvalue weighted by molar-refractivity contribution is 0.408. The summed E-state index contributed by atoms with van der Waals surface area (Å²) in [6.07, 6.45) is 1.56. The van der Waals surface area contributed by atoms with Crippen LogP contribution in [0, 0.1) is 0 Å². The van der Waals surface area contributed by atoms with Crippen LogP contribution < -0.4 is 10.3 Å². The molecule has 0 amide bonds. The van der Waals surface area contributed by atoms with Crippen LogP contribution in [0.4, 0.5) is 0 Å². The van der Waals surface area contributed by atoms with Crippen molar-refractivity contribution >= 4 is 33.2 Å². The molecule has 2 heterocycles. The Kier molecular flexibility index (Phi) is 3.46. The van der Waals surface area contributed by atoms with Gasteiger partial charge in [0.15, 0.2) is 0 Å². The van der Waals surface area contributed by atoms with E-state index in [2.05, 4.69) is 4.98 Å². The van der Waals surface area contributed by atoms with Gasteiger partial charge in [0.25, 0.3) is 5.56 Å². The van der Waals surface area contributed by atoms with Crippen molar-refractivity contribution in [2.75, 3.05) is 7.11 Å². The predicted molar refractivity (Wildman–Crippen MR) is 81.0 cm³/mol. The van der Waals surface area contributed by atoms with Gasteiger partial charge in [-0.05, 0) is 29.6 Å². The predicted octanol–water partition coefficient (Wildman–Crippen LogP) is 3.17. The van der Waals surface area contributed by atoms with Gasteiger partial charge < -0.3 is 4.74 Å². The number of fused-ring (bicyclic) bond motifs is 1. The van der Waals surface area contributed by atoms with Crippen LogP contribution in [0.15, 0.2) is 40.8 Å². The van der Waals surface area contributed by atoms with Crippen molar-refractivity contribution in [3.8, 4) is 5.75 Å². The average Bonchev–Trinajstić information content (AvgIpc) is 2.91. The standard InChI is InChI=1S/C14H11ClN2O2S/c1-19-12-3-2-10(15)6-9(12)7-17-8-16-13-11(14(17)18)4-5-20-13/h2-6,8H,7H2,1H3. The Labute approximate surface area is 124 Å². The van der Waals surface area contributed by atoms with Gasteiger partial charge in [-0.25, -0.2) is 4.98 Å². The second-order valence-electron chi connectivity index (χ2n) is 4.27. The largest absolute Gasteiger partial charge is 0.496 e. The van der Waals surface area contributed by atoms with Crippen LogP contribution in [-0.2, 0) is 6.54 Å². The van der Waals surface area contributed by atoms with Crippen LogP contribution >= 0.6 is 22.9 Å². The molecule has 2 aromatic heterocycles. The number of hydrogen-bond donors (Lipinski definition) is 0. The second kappa shape index (κ2) is 5.26. The quantitative estimate of drug-likeness (QED) is 0.746. The van der Waals surface area contributed by atoms with E-state index in [0.717, 1.165) is 10.4 Å². The summed E-state index contributed by atoms with van der Waals surface area (Å²) in [4.78, 5) is 17.4. The molecule has 6 heteroatoms. The van der Waals surface area contributed by atoms with Gasteiger partial charge in [-0.1, -0.05) is 11.6 Å². The highest BCUT2D eigenvalue weighted by atomic mass is 35.5. The van der Waals surface area contributed by atoms with Gasteiger partial charge in [0, 0.05) is 10.6 Å². The molecular weight excluding hydrogens is 296 g/mol. The zero-order valence-corrected chi connectivity index (χ0v) is 12.2. The molecule has 3 aromatic rings. The first kappa shape index (κ1) is 13.1. The molecule has 0 spiro atoms. The van der Waals surface area contributed by atoms with Crippen molar-refractivity contribution in [1.29, 1.82) is 0 Å². The molecule has 20 heavy (non-hydrogen) atoms. The number of nitrogens with zero attached hydrogens (tertiary/aromatic N) is 2. The molecule has 0 radical (unpaired) electrons. The Morgan fingerprint density at radius 3 is 3.05 bits per heavy atom. The lowest BCUT2D eigenvalue weighted by atomic mass is 10.2. The number of halogens is 1. The van der Waals surface area contributed by atoms with Crippen molar-refractivity contribution in [3.63, 3.8) is 0 Å². The first-order valence-corrected chi connectivity index (χ1v) is 7.20. The minimum absolute atomic E-state index is 0.0571. The third-order valence-electron chi connectivity index (χ3n) is 3.03. The number of thiophene rings is 1. The van der Waals surface area contributed by atoms with Crippen molar-refractivity contribution in [2.45, 2.75) is 6.54 Å². The molecule has 102 valence electrons. The highest BCUT2D eigenvalue weighted by Gasteiger charge is 2.09. The van der Waals surface area contributed by atoms with Gasteiger partial charge in [0.05, 0.1) is 25.4 Å². The summed E-state index contributed by atoms with van der Waals surface area (Å²) < 4.78 is 6.85. The van der Waals surface area contributed by atoms with E-state index in [1.807, 2.05) is 5.38 Å². The van der Waals surface area contributed by atoms with Crippen molar-refractivity contribution in [3.05, 3.63) is 56.9 Å². The number of hydrogen-bond acceptors (Lipinski definition) is 4. The first-order valence-electron chi connectivity index (χ1n) is 5.94. The lowest BCUT2D eigenvalue weighted by Crippen LogP contribution is -2.20. The van der Waals surface area contributed by atoms with Crippen LogP contribution in [-0.4, -0.2) is 16.7 Å². The summed E-state index contributed by atoms with van der Waals surface area (Å²) in [5.41, 5.74) is 0.789.